The van der Waals surface area contributed by atoms with E-state index in [1.165, 1.54) is 0 Å². The maximum absolute atomic E-state index is 13.5. The molecule has 170 valence electrons. The number of alkyl halides is 2. The lowest BCUT2D eigenvalue weighted by atomic mass is 10.0. The van der Waals surface area contributed by atoms with Crippen molar-refractivity contribution in [3.8, 4) is 0 Å². The number of fused-ring (bicyclic) bond motifs is 1. The van der Waals surface area contributed by atoms with Gasteiger partial charge >= 0.3 is 5.76 Å². The normalized spacial score (nSPS) is 17.4. The number of aromatic nitrogens is 2. The molecular weight excluding hydrogens is 434 g/mol. The third kappa shape index (κ3) is 4.68. The van der Waals surface area contributed by atoms with Crippen LogP contribution in [0.4, 0.5) is 14.5 Å². The quantitative estimate of drug-likeness (QED) is 0.577. The Bertz CT molecular complexity index is 1150. The molecule has 0 aliphatic carbocycles. The first-order valence-corrected chi connectivity index (χ1v) is 12.0. The van der Waals surface area contributed by atoms with Crippen LogP contribution in [0, 0.1) is 6.92 Å². The van der Waals surface area contributed by atoms with Gasteiger partial charge in [-0.2, -0.15) is 13.1 Å². The lowest BCUT2D eigenvalue weighted by Crippen LogP contribution is -2.45. The lowest BCUT2D eigenvalue weighted by molar-refractivity contribution is 0.216. The van der Waals surface area contributed by atoms with Crippen molar-refractivity contribution in [2.75, 3.05) is 11.4 Å². The summed E-state index contributed by atoms with van der Waals surface area (Å²) in [6, 6.07) is 17.0. The number of para-hydroxylation sites is 1. The van der Waals surface area contributed by atoms with Crippen LogP contribution in [0.25, 0.3) is 0 Å². The predicted molar refractivity (Wildman–Crippen MR) is 120 cm³/mol. The van der Waals surface area contributed by atoms with Gasteiger partial charge in [0.2, 0.25) is 0 Å². The monoisotopic (exact) mass is 460 g/mol. The maximum atomic E-state index is 13.5. The molecule has 6 nitrogen and oxygen atoms in total. The number of aromatic amines is 1. The molecule has 1 aromatic heterocycles. The van der Waals surface area contributed by atoms with Crippen molar-refractivity contribution in [2.24, 2.45) is 0 Å². The number of sulfonamides is 1. The summed E-state index contributed by atoms with van der Waals surface area (Å²) >= 11 is 0. The predicted octanol–water partition coefficient (Wildman–Crippen LogP) is 4.09. The zero-order chi connectivity index (χ0) is 22.7. The summed E-state index contributed by atoms with van der Waals surface area (Å²) in [5, 5.41) is 0. The van der Waals surface area contributed by atoms with Crippen molar-refractivity contribution in [1.82, 2.24) is 14.3 Å². The summed E-state index contributed by atoms with van der Waals surface area (Å²) in [7, 11) is -4.72. The van der Waals surface area contributed by atoms with Gasteiger partial charge in [0, 0.05) is 30.5 Å². The molecule has 0 amide bonds. The van der Waals surface area contributed by atoms with Crippen LogP contribution in [0.15, 0.2) is 60.9 Å². The molecule has 2 heterocycles. The Morgan fingerprint density at radius 2 is 1.84 bits per heavy atom. The van der Waals surface area contributed by atoms with E-state index in [0.717, 1.165) is 26.9 Å². The van der Waals surface area contributed by atoms with Gasteiger partial charge in [0.25, 0.3) is 10.0 Å². The highest BCUT2D eigenvalue weighted by Gasteiger charge is 2.38. The van der Waals surface area contributed by atoms with Crippen LogP contribution in [0.3, 0.4) is 0 Å². The van der Waals surface area contributed by atoms with Crippen LogP contribution >= 0.6 is 0 Å². The van der Waals surface area contributed by atoms with Gasteiger partial charge in [0.05, 0.1) is 18.6 Å². The third-order valence-corrected chi connectivity index (χ3v) is 7.40. The van der Waals surface area contributed by atoms with E-state index in [1.807, 2.05) is 49.4 Å². The molecule has 9 heteroatoms. The molecular formula is C23H26F2N4O2S. The highest BCUT2D eigenvalue weighted by molar-refractivity contribution is 7.89. The molecule has 1 atom stereocenters. The van der Waals surface area contributed by atoms with Gasteiger partial charge in [-0.15, -0.1) is 0 Å². The standard InChI is InChI=1S/C23H26F2N4O2S/c1-17-21(27-16-26-17)15-29-20(12-11-18-7-3-2-4-8-18)14-28(32(30,31)23(24)25)13-19-9-5-6-10-22(19)29/h2-10,16,20,23H,11-15H2,1H3,(H,26,27)/t20-/m1/s1. The minimum Gasteiger partial charge on any atom is -0.361 e. The average Bonchev–Trinajstić information content (AvgIpc) is 3.11. The first-order valence-electron chi connectivity index (χ1n) is 10.5. The van der Waals surface area contributed by atoms with Gasteiger partial charge in [-0.1, -0.05) is 48.5 Å². The zero-order valence-corrected chi connectivity index (χ0v) is 18.6. The largest absolute Gasteiger partial charge is 0.361 e. The fourth-order valence-electron chi connectivity index (χ4n) is 4.16. The molecule has 0 fully saturated rings. The van der Waals surface area contributed by atoms with Crippen LogP contribution in [-0.2, 0) is 29.5 Å². The second kappa shape index (κ2) is 9.38. The molecule has 1 aliphatic heterocycles. The van der Waals surface area contributed by atoms with E-state index in [2.05, 4.69) is 14.9 Å². The summed E-state index contributed by atoms with van der Waals surface area (Å²) in [5.41, 5.74) is 4.43. The number of aryl methyl sites for hydroxylation is 2. The van der Waals surface area contributed by atoms with Crippen LogP contribution in [0.5, 0.6) is 0 Å². The number of nitrogens with one attached hydrogen (secondary N) is 1. The average molecular weight is 461 g/mol. The van der Waals surface area contributed by atoms with Crippen molar-refractivity contribution in [3.05, 3.63) is 83.4 Å². The smallest absolute Gasteiger partial charge is 0.350 e. The van der Waals surface area contributed by atoms with E-state index in [1.54, 1.807) is 18.5 Å². The van der Waals surface area contributed by atoms with Crippen LogP contribution in [0.1, 0.15) is 28.9 Å². The summed E-state index contributed by atoms with van der Waals surface area (Å²) < 4.78 is 52.9. The summed E-state index contributed by atoms with van der Waals surface area (Å²) in [4.78, 5) is 9.60. The summed E-state index contributed by atoms with van der Waals surface area (Å²) in [5.74, 6) is -3.45. The molecule has 0 radical (unpaired) electrons. The van der Waals surface area contributed by atoms with Gasteiger partial charge in [-0.25, -0.2) is 13.4 Å². The lowest BCUT2D eigenvalue weighted by Gasteiger charge is -2.34. The minimum absolute atomic E-state index is 0.0162. The summed E-state index contributed by atoms with van der Waals surface area (Å²) in [6.07, 6.45) is 2.93. The number of hydrogen-bond acceptors (Lipinski definition) is 4. The first kappa shape index (κ1) is 22.4. The Labute approximate surface area is 186 Å². The Morgan fingerprint density at radius 3 is 2.53 bits per heavy atom. The number of rotatable bonds is 7. The van der Waals surface area contributed by atoms with Crippen molar-refractivity contribution in [1.29, 1.82) is 0 Å². The van der Waals surface area contributed by atoms with E-state index >= 15 is 0 Å². The van der Waals surface area contributed by atoms with Crippen molar-refractivity contribution in [3.63, 3.8) is 0 Å². The van der Waals surface area contributed by atoms with E-state index in [-0.39, 0.29) is 19.1 Å². The molecule has 0 bridgehead atoms. The number of anilines is 1. The van der Waals surface area contributed by atoms with Gasteiger partial charge in [-0.3, -0.25) is 0 Å². The highest BCUT2D eigenvalue weighted by Crippen LogP contribution is 2.33. The number of H-pyrrole nitrogens is 1. The molecule has 0 spiro atoms. The highest BCUT2D eigenvalue weighted by atomic mass is 32.2. The molecule has 32 heavy (non-hydrogen) atoms. The SMILES string of the molecule is Cc1[nH]cnc1CN1c2ccccc2CN(S(=O)(=O)C(F)F)C[C@H]1CCc1ccccc1. The molecule has 0 saturated carbocycles. The second-order valence-corrected chi connectivity index (χ2v) is 9.91. The molecule has 3 aromatic rings. The minimum atomic E-state index is -4.72. The number of hydrogen-bond donors (Lipinski definition) is 1. The van der Waals surface area contributed by atoms with Gasteiger partial charge in [0.15, 0.2) is 0 Å². The van der Waals surface area contributed by atoms with Crippen LogP contribution in [-0.4, -0.2) is 41.0 Å². The number of benzene rings is 2. The van der Waals surface area contributed by atoms with Gasteiger partial charge in [-0.05, 0) is 37.0 Å². The van der Waals surface area contributed by atoms with Gasteiger partial charge in [0.1, 0.15) is 0 Å². The first-order chi connectivity index (χ1) is 15.4. The molecule has 1 N–H and O–H groups in total. The third-order valence-electron chi connectivity index (χ3n) is 5.95. The molecule has 0 unspecified atom stereocenters. The molecule has 4 rings (SSSR count). The maximum Gasteiger partial charge on any atom is 0.350 e. The molecule has 0 saturated heterocycles. The Hall–Kier alpha value is -2.78. The Morgan fingerprint density at radius 1 is 1.12 bits per heavy atom. The zero-order valence-electron chi connectivity index (χ0n) is 17.8. The Balaban J connectivity index is 1.73. The molecule has 2 aromatic carbocycles. The Kier molecular flexibility index (Phi) is 6.57. The molecule has 1 aliphatic rings. The van der Waals surface area contributed by atoms with E-state index in [4.69, 9.17) is 0 Å². The van der Waals surface area contributed by atoms with Crippen molar-refractivity contribution in [2.45, 2.75) is 44.7 Å². The van der Waals surface area contributed by atoms with E-state index < -0.39 is 15.8 Å². The van der Waals surface area contributed by atoms with E-state index in [9.17, 15) is 17.2 Å². The number of halogens is 2. The van der Waals surface area contributed by atoms with Gasteiger partial charge < -0.3 is 9.88 Å². The fourth-order valence-corrected chi connectivity index (χ4v) is 5.09. The van der Waals surface area contributed by atoms with Crippen molar-refractivity contribution >= 4 is 15.7 Å². The second-order valence-electron chi connectivity index (χ2n) is 8.01. The topological polar surface area (TPSA) is 69.3 Å². The van der Waals surface area contributed by atoms with Crippen LogP contribution < -0.4 is 4.90 Å². The van der Waals surface area contributed by atoms with E-state index in [0.29, 0.717) is 24.9 Å². The number of imidazole rings is 1. The fraction of sp³-hybridized carbons (Fsp3) is 0.348. The van der Waals surface area contributed by atoms with Crippen molar-refractivity contribution < 1.29 is 17.2 Å². The summed E-state index contributed by atoms with van der Waals surface area (Å²) in [6.45, 7) is 2.28. The van der Waals surface area contributed by atoms with Crippen LogP contribution in [0.2, 0.25) is 0 Å². The number of nitrogens with zero attached hydrogens (tertiary/aromatic N) is 3.